The summed E-state index contributed by atoms with van der Waals surface area (Å²) in [5, 5.41) is 11.6. The molecule has 39 heavy (non-hydrogen) atoms. The van der Waals surface area contributed by atoms with Crippen LogP contribution in [0.25, 0.3) is 11.1 Å². The summed E-state index contributed by atoms with van der Waals surface area (Å²) >= 11 is 0. The van der Waals surface area contributed by atoms with Gasteiger partial charge in [0.1, 0.15) is 12.6 Å². The van der Waals surface area contributed by atoms with E-state index in [0.29, 0.717) is 24.0 Å². The smallest absolute Gasteiger partial charge is 0.329 e. The SMILES string of the molecule is Cc1ccc2c(c1)-c1ccccc1C2(F)F.O=CNCC(=O)N1CC(CO)CC1C(=O)OCc1ccccc1. The van der Waals surface area contributed by atoms with Crippen molar-refractivity contribution in [1.82, 2.24) is 10.2 Å². The zero-order valence-electron chi connectivity index (χ0n) is 21.5. The molecule has 2 unspecified atom stereocenters. The fourth-order valence-electron chi connectivity index (χ4n) is 4.90. The maximum atomic E-state index is 14.1. The molecule has 0 bridgehead atoms. The Kier molecular flexibility index (Phi) is 8.71. The number of esters is 1. The van der Waals surface area contributed by atoms with Gasteiger partial charge in [0.15, 0.2) is 0 Å². The Morgan fingerprint density at radius 1 is 1.05 bits per heavy atom. The highest BCUT2D eigenvalue weighted by molar-refractivity contribution is 5.87. The first kappa shape index (κ1) is 27.9. The summed E-state index contributed by atoms with van der Waals surface area (Å²) < 4.78 is 33.4. The van der Waals surface area contributed by atoms with E-state index in [-0.39, 0.29) is 49.3 Å². The Labute approximate surface area is 225 Å². The maximum Gasteiger partial charge on any atom is 0.329 e. The third-order valence-electron chi connectivity index (χ3n) is 6.87. The lowest BCUT2D eigenvalue weighted by Gasteiger charge is -2.23. The number of nitrogens with zero attached hydrogens (tertiary/aromatic N) is 1. The molecule has 1 aliphatic heterocycles. The van der Waals surface area contributed by atoms with Crippen LogP contribution < -0.4 is 5.32 Å². The predicted octanol–water partition coefficient (Wildman–Crippen LogP) is 3.80. The number of likely N-dealkylation sites (tertiary alicyclic amines) is 1. The third-order valence-corrected chi connectivity index (χ3v) is 6.87. The second-order valence-electron chi connectivity index (χ2n) is 9.61. The summed E-state index contributed by atoms with van der Waals surface area (Å²) in [6.07, 6.45) is 0.789. The van der Waals surface area contributed by atoms with Crippen molar-refractivity contribution in [3.63, 3.8) is 0 Å². The van der Waals surface area contributed by atoms with Crippen molar-refractivity contribution in [3.8, 4) is 11.1 Å². The van der Waals surface area contributed by atoms with E-state index in [0.717, 1.165) is 11.1 Å². The zero-order chi connectivity index (χ0) is 28.0. The molecule has 0 radical (unpaired) electrons. The second kappa shape index (κ2) is 12.2. The van der Waals surface area contributed by atoms with Crippen LogP contribution in [0.2, 0.25) is 0 Å². The monoisotopic (exact) mass is 536 g/mol. The van der Waals surface area contributed by atoms with Crippen LogP contribution in [0.1, 0.15) is 28.7 Å². The van der Waals surface area contributed by atoms with Gasteiger partial charge in [-0.05, 0) is 30.0 Å². The normalized spacial score (nSPS) is 18.3. The molecule has 9 heteroatoms. The van der Waals surface area contributed by atoms with E-state index in [1.807, 2.05) is 43.3 Å². The molecule has 1 heterocycles. The number of nitrogens with one attached hydrogen (secondary N) is 1. The minimum atomic E-state index is -2.85. The minimum Gasteiger partial charge on any atom is -0.459 e. The number of ether oxygens (including phenoxy) is 1. The van der Waals surface area contributed by atoms with Crippen molar-refractivity contribution >= 4 is 18.3 Å². The van der Waals surface area contributed by atoms with Crippen LogP contribution in [0, 0.1) is 12.8 Å². The van der Waals surface area contributed by atoms with E-state index in [1.165, 1.54) is 17.0 Å². The van der Waals surface area contributed by atoms with E-state index < -0.39 is 17.9 Å². The molecule has 0 spiro atoms. The number of aliphatic hydroxyl groups excluding tert-OH is 1. The highest BCUT2D eigenvalue weighted by Crippen LogP contribution is 2.50. The standard InChI is InChI=1S/C16H20N2O5.C14H10F2/c19-9-13-6-14(18(8-13)15(21)7-17-11-20)16(22)23-10-12-4-2-1-3-5-12;1-9-6-7-13-11(8-9)10-4-2-3-5-12(10)14(13,15)16/h1-5,11,13-14,19H,6-10H2,(H,17,20);2-8H,1H3. The Bertz CT molecular complexity index is 1330. The summed E-state index contributed by atoms with van der Waals surface area (Å²) in [7, 11) is 0. The van der Waals surface area contributed by atoms with Crippen LogP contribution in [0.3, 0.4) is 0 Å². The average molecular weight is 537 g/mol. The number of aliphatic hydroxyl groups is 1. The number of hydrogen-bond acceptors (Lipinski definition) is 5. The van der Waals surface area contributed by atoms with Gasteiger partial charge in [-0.15, -0.1) is 0 Å². The fourth-order valence-corrected chi connectivity index (χ4v) is 4.90. The van der Waals surface area contributed by atoms with E-state index in [1.54, 1.807) is 24.3 Å². The Morgan fingerprint density at radius 2 is 1.74 bits per heavy atom. The molecule has 2 amide bonds. The molecule has 1 saturated heterocycles. The first-order chi connectivity index (χ1) is 18.8. The molecule has 2 atom stereocenters. The topological polar surface area (TPSA) is 95.9 Å². The van der Waals surface area contributed by atoms with Crippen molar-refractivity contribution in [2.75, 3.05) is 19.7 Å². The van der Waals surface area contributed by atoms with Crippen LogP contribution >= 0.6 is 0 Å². The Balaban J connectivity index is 0.000000192. The highest BCUT2D eigenvalue weighted by atomic mass is 19.3. The summed E-state index contributed by atoms with van der Waals surface area (Å²) in [6.45, 7) is 2.05. The van der Waals surface area contributed by atoms with Crippen LogP contribution in [-0.4, -0.2) is 54.0 Å². The lowest BCUT2D eigenvalue weighted by molar-refractivity contribution is -0.154. The number of fused-ring (bicyclic) bond motifs is 3. The lowest BCUT2D eigenvalue weighted by Crippen LogP contribution is -2.45. The summed E-state index contributed by atoms with van der Waals surface area (Å²) in [5.74, 6) is -3.87. The molecule has 0 aromatic heterocycles. The van der Waals surface area contributed by atoms with Gasteiger partial charge in [0.05, 0.1) is 6.54 Å². The molecule has 2 aliphatic rings. The summed E-state index contributed by atoms with van der Waals surface area (Å²) in [4.78, 5) is 36.0. The molecule has 2 N–H and O–H groups in total. The molecule has 204 valence electrons. The molecular formula is C30H30F2N2O5. The number of halogens is 2. The van der Waals surface area contributed by atoms with Gasteiger partial charge in [-0.2, -0.15) is 8.78 Å². The first-order valence-electron chi connectivity index (χ1n) is 12.6. The number of amides is 2. The number of rotatable bonds is 7. The quantitative estimate of drug-likeness (QED) is 0.354. The van der Waals surface area contributed by atoms with Gasteiger partial charge in [0.25, 0.3) is 5.92 Å². The molecule has 3 aromatic carbocycles. The van der Waals surface area contributed by atoms with Gasteiger partial charge in [0.2, 0.25) is 12.3 Å². The van der Waals surface area contributed by atoms with Crippen LogP contribution in [-0.2, 0) is 31.6 Å². The molecule has 1 fully saturated rings. The molecule has 5 rings (SSSR count). The van der Waals surface area contributed by atoms with Gasteiger partial charge in [0, 0.05) is 30.2 Å². The fraction of sp³-hybridized carbons (Fsp3) is 0.300. The van der Waals surface area contributed by atoms with E-state index >= 15 is 0 Å². The van der Waals surface area contributed by atoms with Gasteiger partial charge in [-0.3, -0.25) is 9.59 Å². The predicted molar refractivity (Wildman–Crippen MR) is 141 cm³/mol. The summed E-state index contributed by atoms with van der Waals surface area (Å²) in [6, 6.07) is 20.3. The second-order valence-corrected chi connectivity index (χ2v) is 9.61. The summed E-state index contributed by atoms with van der Waals surface area (Å²) in [5.41, 5.74) is 3.44. The van der Waals surface area contributed by atoms with Crippen molar-refractivity contribution in [2.45, 2.75) is 31.9 Å². The Hall–Kier alpha value is -4.11. The van der Waals surface area contributed by atoms with Crippen molar-refractivity contribution in [1.29, 1.82) is 0 Å². The van der Waals surface area contributed by atoms with Crippen LogP contribution in [0.5, 0.6) is 0 Å². The number of hydrogen-bond donors (Lipinski definition) is 2. The number of benzene rings is 3. The van der Waals surface area contributed by atoms with Crippen molar-refractivity contribution in [2.24, 2.45) is 5.92 Å². The molecule has 3 aromatic rings. The Morgan fingerprint density at radius 3 is 2.46 bits per heavy atom. The average Bonchev–Trinajstić information content (AvgIpc) is 3.49. The molecule has 0 saturated carbocycles. The van der Waals surface area contributed by atoms with Crippen molar-refractivity contribution in [3.05, 3.63) is 95.1 Å². The van der Waals surface area contributed by atoms with Gasteiger partial charge in [-0.1, -0.05) is 78.4 Å². The number of carbonyl (C=O) groups excluding carboxylic acids is 3. The van der Waals surface area contributed by atoms with Crippen LogP contribution in [0.4, 0.5) is 8.78 Å². The first-order valence-corrected chi connectivity index (χ1v) is 12.6. The zero-order valence-corrected chi connectivity index (χ0v) is 21.5. The lowest BCUT2D eigenvalue weighted by atomic mass is 10.0. The van der Waals surface area contributed by atoms with Gasteiger partial charge < -0.3 is 20.1 Å². The maximum absolute atomic E-state index is 14.1. The number of carbonyl (C=O) groups is 3. The highest BCUT2D eigenvalue weighted by Gasteiger charge is 2.44. The molecule has 1 aliphatic carbocycles. The van der Waals surface area contributed by atoms with Gasteiger partial charge in [-0.25, -0.2) is 4.79 Å². The van der Waals surface area contributed by atoms with E-state index in [9.17, 15) is 28.3 Å². The number of alkyl halides is 2. The largest absolute Gasteiger partial charge is 0.459 e. The molecular weight excluding hydrogens is 506 g/mol. The van der Waals surface area contributed by atoms with E-state index in [2.05, 4.69) is 5.32 Å². The van der Waals surface area contributed by atoms with Crippen LogP contribution in [0.15, 0.2) is 72.8 Å². The minimum absolute atomic E-state index is 0.104. The third kappa shape index (κ3) is 6.15. The van der Waals surface area contributed by atoms with E-state index in [4.69, 9.17) is 4.74 Å². The molecule has 7 nitrogen and oxygen atoms in total. The van der Waals surface area contributed by atoms with Gasteiger partial charge >= 0.3 is 5.97 Å². The van der Waals surface area contributed by atoms with Crippen molar-refractivity contribution < 1.29 is 33.0 Å². The number of aryl methyl sites for hydroxylation is 1.